The fraction of sp³-hybridized carbons (Fsp3) is 0.278. The minimum atomic E-state index is -0.596. The highest BCUT2D eigenvalue weighted by atomic mass is 35.5. The van der Waals surface area contributed by atoms with E-state index in [4.69, 9.17) is 21.4 Å². The molecule has 1 aliphatic heterocycles. The van der Waals surface area contributed by atoms with Crippen LogP contribution in [0.1, 0.15) is 5.56 Å². The highest BCUT2D eigenvalue weighted by Crippen LogP contribution is 2.27. The van der Waals surface area contributed by atoms with Crippen LogP contribution in [-0.2, 0) is 14.3 Å². The van der Waals surface area contributed by atoms with Crippen molar-refractivity contribution >= 4 is 29.2 Å². The second-order valence-electron chi connectivity index (χ2n) is 6.05. The largest absolute Gasteiger partial charge is 0.466 e. The number of aromatic nitrogens is 2. The van der Waals surface area contributed by atoms with Gasteiger partial charge >= 0.3 is 5.97 Å². The van der Waals surface area contributed by atoms with Crippen LogP contribution < -0.4 is 5.32 Å². The van der Waals surface area contributed by atoms with Crippen molar-refractivity contribution in [3.63, 3.8) is 0 Å². The zero-order valence-electron chi connectivity index (χ0n) is 14.9. The van der Waals surface area contributed by atoms with Crippen molar-refractivity contribution in [3.05, 3.63) is 52.4 Å². The maximum Gasteiger partial charge on any atom is 0.337 e. The maximum atomic E-state index is 12.5. The molecule has 3 rings (SSSR count). The summed E-state index contributed by atoms with van der Waals surface area (Å²) in [5, 5.41) is 16.7. The third-order valence-electron chi connectivity index (χ3n) is 4.13. The van der Waals surface area contributed by atoms with Gasteiger partial charge in [0.05, 0.1) is 42.7 Å². The van der Waals surface area contributed by atoms with Crippen molar-refractivity contribution in [1.29, 1.82) is 0 Å². The van der Waals surface area contributed by atoms with E-state index in [-0.39, 0.29) is 36.9 Å². The van der Waals surface area contributed by atoms with Crippen LogP contribution in [0.15, 0.2) is 41.9 Å². The van der Waals surface area contributed by atoms with E-state index in [0.29, 0.717) is 16.4 Å². The lowest BCUT2D eigenvalue weighted by Gasteiger charge is -2.15. The average Bonchev–Trinajstić information content (AvgIpc) is 3.20. The molecule has 0 bridgehead atoms. The number of nitrogens with one attached hydrogen (secondary N) is 1. The topological polar surface area (TPSA) is 96.7 Å². The van der Waals surface area contributed by atoms with Gasteiger partial charge in [-0.05, 0) is 30.7 Å². The minimum absolute atomic E-state index is 0.0762. The van der Waals surface area contributed by atoms with E-state index in [9.17, 15) is 9.59 Å². The number of carbonyl (C=O) groups excluding carboxylic acids is 2. The van der Waals surface area contributed by atoms with Crippen molar-refractivity contribution in [1.82, 2.24) is 14.7 Å². The molecule has 1 aromatic heterocycles. The smallest absolute Gasteiger partial charge is 0.337 e. The fourth-order valence-corrected chi connectivity index (χ4v) is 3.08. The molecule has 1 aromatic carbocycles. The standard InChI is InChI=1S/C18H19ClN4O4/c1-11-8-20-23(9-11)15-4-3-12(7-14(15)19)21-16-13(18(26)27-2)10-22(5-6-24)17(16)25/h3-4,7-9,21,24H,5-6,10H2,1-2H3. The molecule has 2 N–H and O–H groups in total. The van der Waals surface area contributed by atoms with E-state index in [1.807, 2.05) is 13.1 Å². The molecular weight excluding hydrogens is 372 g/mol. The summed E-state index contributed by atoms with van der Waals surface area (Å²) in [6.45, 7) is 1.94. The molecule has 1 amide bonds. The Bertz CT molecular complexity index is 922. The van der Waals surface area contributed by atoms with E-state index < -0.39 is 5.97 Å². The van der Waals surface area contributed by atoms with Crippen LogP contribution in [0.25, 0.3) is 5.69 Å². The predicted octanol–water partition coefficient (Wildman–Crippen LogP) is 1.51. The third-order valence-corrected chi connectivity index (χ3v) is 4.43. The summed E-state index contributed by atoms with van der Waals surface area (Å²) in [4.78, 5) is 25.9. The molecule has 0 saturated heterocycles. The van der Waals surface area contributed by atoms with Crippen molar-refractivity contribution in [2.45, 2.75) is 6.92 Å². The number of esters is 1. The first-order valence-corrected chi connectivity index (χ1v) is 8.62. The van der Waals surface area contributed by atoms with Gasteiger partial charge in [0.15, 0.2) is 0 Å². The maximum absolute atomic E-state index is 12.5. The van der Waals surface area contributed by atoms with Crippen LogP contribution in [0.2, 0.25) is 5.02 Å². The number of β-amino-alcohol motifs (C(OH)–C–C–N with tert-alkyl or cyclic N) is 1. The number of methoxy groups -OCH3 is 1. The molecule has 2 aromatic rings. The lowest BCUT2D eigenvalue weighted by molar-refractivity contribution is -0.136. The molecule has 142 valence electrons. The Morgan fingerprint density at radius 2 is 2.22 bits per heavy atom. The predicted molar refractivity (Wildman–Crippen MR) is 99.6 cm³/mol. The normalized spacial score (nSPS) is 14.1. The second-order valence-corrected chi connectivity index (χ2v) is 6.46. The number of aryl methyl sites for hydroxylation is 1. The first-order valence-electron chi connectivity index (χ1n) is 8.24. The number of nitrogens with zero attached hydrogens (tertiary/aromatic N) is 3. The van der Waals surface area contributed by atoms with Crippen molar-refractivity contribution < 1.29 is 19.4 Å². The molecule has 2 heterocycles. The van der Waals surface area contributed by atoms with Gasteiger partial charge in [-0.25, -0.2) is 9.48 Å². The van der Waals surface area contributed by atoms with Crippen LogP contribution in [0.4, 0.5) is 5.69 Å². The quantitative estimate of drug-likeness (QED) is 0.726. The number of aliphatic hydroxyl groups excluding tert-OH is 1. The molecule has 9 heteroatoms. The van der Waals surface area contributed by atoms with E-state index in [2.05, 4.69) is 10.4 Å². The zero-order valence-corrected chi connectivity index (χ0v) is 15.7. The molecule has 0 saturated carbocycles. The van der Waals surface area contributed by atoms with Crippen LogP contribution in [0.3, 0.4) is 0 Å². The Morgan fingerprint density at radius 3 is 2.81 bits per heavy atom. The molecule has 0 atom stereocenters. The Balaban J connectivity index is 1.89. The van der Waals surface area contributed by atoms with Gasteiger partial charge in [-0.15, -0.1) is 0 Å². The van der Waals surface area contributed by atoms with Gasteiger partial charge in [0.25, 0.3) is 5.91 Å². The number of halogens is 1. The first kappa shape index (κ1) is 18.9. The zero-order chi connectivity index (χ0) is 19.6. The Labute approximate surface area is 161 Å². The number of hydrogen-bond acceptors (Lipinski definition) is 6. The van der Waals surface area contributed by atoms with Gasteiger partial charge in [0, 0.05) is 18.4 Å². The average molecular weight is 391 g/mol. The Hall–Kier alpha value is -2.84. The SMILES string of the molecule is COC(=O)C1=C(Nc2ccc(-n3cc(C)cn3)c(Cl)c2)C(=O)N(CCO)C1. The van der Waals surface area contributed by atoms with Crippen molar-refractivity contribution in [2.75, 3.05) is 32.1 Å². The van der Waals surface area contributed by atoms with Gasteiger partial charge in [-0.1, -0.05) is 11.6 Å². The van der Waals surface area contributed by atoms with Gasteiger partial charge < -0.3 is 20.1 Å². The summed E-state index contributed by atoms with van der Waals surface area (Å²) in [6, 6.07) is 5.15. The number of benzene rings is 1. The summed E-state index contributed by atoms with van der Waals surface area (Å²) in [7, 11) is 1.25. The third kappa shape index (κ3) is 3.81. The van der Waals surface area contributed by atoms with Crippen molar-refractivity contribution in [3.8, 4) is 5.69 Å². The van der Waals surface area contributed by atoms with Crippen molar-refractivity contribution in [2.24, 2.45) is 0 Å². The Morgan fingerprint density at radius 1 is 1.44 bits per heavy atom. The molecule has 1 aliphatic rings. The number of ether oxygens (including phenoxy) is 1. The van der Waals surface area contributed by atoms with Crippen LogP contribution in [0, 0.1) is 6.92 Å². The van der Waals surface area contributed by atoms with Crippen LogP contribution in [0.5, 0.6) is 0 Å². The lowest BCUT2D eigenvalue weighted by Crippen LogP contribution is -2.31. The highest BCUT2D eigenvalue weighted by molar-refractivity contribution is 6.32. The molecule has 0 fully saturated rings. The van der Waals surface area contributed by atoms with E-state index in [0.717, 1.165) is 5.56 Å². The lowest BCUT2D eigenvalue weighted by atomic mass is 10.2. The molecule has 0 spiro atoms. The monoisotopic (exact) mass is 390 g/mol. The Kier molecular flexibility index (Phi) is 5.48. The highest BCUT2D eigenvalue weighted by Gasteiger charge is 2.34. The first-order chi connectivity index (χ1) is 12.9. The minimum Gasteiger partial charge on any atom is -0.466 e. The summed E-state index contributed by atoms with van der Waals surface area (Å²) in [5.74, 6) is -0.978. The van der Waals surface area contributed by atoms with Gasteiger partial charge in [-0.2, -0.15) is 5.10 Å². The number of anilines is 1. The van der Waals surface area contributed by atoms with Crippen LogP contribution >= 0.6 is 11.6 Å². The fourth-order valence-electron chi connectivity index (χ4n) is 2.81. The van der Waals surface area contributed by atoms with Gasteiger partial charge in [0.2, 0.25) is 0 Å². The molecular formula is C18H19ClN4O4. The summed E-state index contributed by atoms with van der Waals surface area (Å²) in [6.07, 6.45) is 3.57. The molecule has 8 nitrogen and oxygen atoms in total. The number of hydrogen-bond donors (Lipinski definition) is 2. The molecule has 0 radical (unpaired) electrons. The number of aliphatic hydroxyl groups is 1. The van der Waals surface area contributed by atoms with Crippen LogP contribution in [-0.4, -0.2) is 58.5 Å². The molecule has 0 unspecified atom stereocenters. The second kappa shape index (κ2) is 7.81. The number of carbonyl (C=O) groups is 2. The molecule has 0 aliphatic carbocycles. The van der Waals surface area contributed by atoms with Gasteiger partial charge in [0.1, 0.15) is 5.70 Å². The molecule has 27 heavy (non-hydrogen) atoms. The summed E-state index contributed by atoms with van der Waals surface area (Å²) < 4.78 is 6.42. The number of rotatable bonds is 6. The van der Waals surface area contributed by atoms with E-state index in [1.165, 1.54) is 12.0 Å². The summed E-state index contributed by atoms with van der Waals surface area (Å²) in [5.41, 5.74) is 2.56. The van der Waals surface area contributed by atoms with E-state index >= 15 is 0 Å². The number of amides is 1. The van der Waals surface area contributed by atoms with Gasteiger partial charge in [-0.3, -0.25) is 4.79 Å². The summed E-state index contributed by atoms with van der Waals surface area (Å²) >= 11 is 6.36. The van der Waals surface area contributed by atoms with E-state index in [1.54, 1.807) is 29.1 Å².